The van der Waals surface area contributed by atoms with Crippen molar-refractivity contribution in [3.63, 3.8) is 0 Å². The van der Waals surface area contributed by atoms with Crippen LogP contribution in [-0.2, 0) is 4.79 Å². The molecular formula is C12H15NO2. The smallest absolute Gasteiger partial charge is 0.311 e. The first-order valence-electron chi connectivity index (χ1n) is 5.11. The van der Waals surface area contributed by atoms with E-state index in [0.717, 1.165) is 11.1 Å². The molecule has 0 radical (unpaired) electrons. The minimum absolute atomic E-state index is 0.0983. The van der Waals surface area contributed by atoms with E-state index in [1.807, 2.05) is 31.2 Å². The Morgan fingerprint density at radius 1 is 1.60 bits per heavy atom. The van der Waals surface area contributed by atoms with E-state index in [4.69, 9.17) is 10.8 Å². The molecule has 1 aliphatic rings. The predicted molar refractivity (Wildman–Crippen MR) is 57.7 cm³/mol. The van der Waals surface area contributed by atoms with E-state index in [0.29, 0.717) is 6.42 Å². The number of hydrogen-bond donors (Lipinski definition) is 2. The van der Waals surface area contributed by atoms with E-state index in [-0.39, 0.29) is 12.5 Å². The molecule has 1 saturated carbocycles. The molecule has 1 aromatic carbocycles. The van der Waals surface area contributed by atoms with Crippen molar-refractivity contribution in [1.29, 1.82) is 0 Å². The van der Waals surface area contributed by atoms with Gasteiger partial charge in [-0.15, -0.1) is 0 Å². The fraction of sp³-hybridized carbons (Fsp3) is 0.417. The first-order chi connectivity index (χ1) is 7.12. The fourth-order valence-corrected chi connectivity index (χ4v) is 2.24. The lowest BCUT2D eigenvalue weighted by atomic mass is 9.96. The zero-order valence-corrected chi connectivity index (χ0v) is 8.73. The number of carbonyl (C=O) groups is 1. The van der Waals surface area contributed by atoms with Crippen LogP contribution in [0.4, 0.5) is 0 Å². The van der Waals surface area contributed by atoms with Gasteiger partial charge in [0.2, 0.25) is 0 Å². The van der Waals surface area contributed by atoms with Crippen LogP contribution in [-0.4, -0.2) is 17.6 Å². The van der Waals surface area contributed by atoms with Gasteiger partial charge in [0.05, 0.1) is 5.41 Å². The summed E-state index contributed by atoms with van der Waals surface area (Å²) in [5.41, 5.74) is 7.15. The Morgan fingerprint density at radius 2 is 2.27 bits per heavy atom. The fourth-order valence-electron chi connectivity index (χ4n) is 2.24. The van der Waals surface area contributed by atoms with Crippen molar-refractivity contribution < 1.29 is 9.90 Å². The van der Waals surface area contributed by atoms with Gasteiger partial charge in [-0.1, -0.05) is 24.3 Å². The average Bonchev–Trinajstić information content (AvgIpc) is 2.94. The van der Waals surface area contributed by atoms with Gasteiger partial charge in [0.1, 0.15) is 0 Å². The summed E-state index contributed by atoms with van der Waals surface area (Å²) >= 11 is 0. The van der Waals surface area contributed by atoms with Crippen molar-refractivity contribution in [3.05, 3.63) is 35.4 Å². The highest BCUT2D eigenvalue weighted by Gasteiger charge is 2.60. The van der Waals surface area contributed by atoms with Crippen LogP contribution in [0.1, 0.15) is 23.5 Å². The molecule has 15 heavy (non-hydrogen) atoms. The topological polar surface area (TPSA) is 63.3 Å². The van der Waals surface area contributed by atoms with Crippen LogP contribution in [0.3, 0.4) is 0 Å². The summed E-state index contributed by atoms with van der Waals surface area (Å²) in [6, 6.07) is 7.92. The van der Waals surface area contributed by atoms with Crippen molar-refractivity contribution in [2.75, 3.05) is 6.54 Å². The molecule has 2 unspecified atom stereocenters. The van der Waals surface area contributed by atoms with Gasteiger partial charge in [0.25, 0.3) is 0 Å². The molecule has 0 bridgehead atoms. The van der Waals surface area contributed by atoms with Crippen molar-refractivity contribution in [1.82, 2.24) is 0 Å². The highest BCUT2D eigenvalue weighted by molar-refractivity contribution is 5.81. The zero-order valence-electron chi connectivity index (χ0n) is 8.73. The first-order valence-corrected chi connectivity index (χ1v) is 5.11. The Labute approximate surface area is 88.9 Å². The molecule has 3 heteroatoms. The van der Waals surface area contributed by atoms with Crippen LogP contribution in [0.25, 0.3) is 0 Å². The van der Waals surface area contributed by atoms with E-state index in [1.54, 1.807) is 0 Å². The summed E-state index contributed by atoms with van der Waals surface area (Å²) in [7, 11) is 0. The van der Waals surface area contributed by atoms with E-state index < -0.39 is 11.4 Å². The van der Waals surface area contributed by atoms with Crippen molar-refractivity contribution in [3.8, 4) is 0 Å². The summed E-state index contributed by atoms with van der Waals surface area (Å²) < 4.78 is 0. The molecule has 0 spiro atoms. The lowest BCUT2D eigenvalue weighted by molar-refractivity contribution is -0.143. The lowest BCUT2D eigenvalue weighted by Crippen LogP contribution is -2.26. The number of aliphatic carboxylic acids is 1. The summed E-state index contributed by atoms with van der Waals surface area (Å²) in [6.45, 7) is 2.23. The normalized spacial score (nSPS) is 28.8. The largest absolute Gasteiger partial charge is 0.481 e. The number of rotatable bonds is 3. The number of aryl methyl sites for hydroxylation is 1. The minimum Gasteiger partial charge on any atom is -0.481 e. The second-order valence-corrected chi connectivity index (χ2v) is 4.28. The molecule has 0 saturated heterocycles. The molecule has 1 aliphatic carbocycles. The molecule has 3 N–H and O–H groups in total. The van der Waals surface area contributed by atoms with Gasteiger partial charge in [-0.3, -0.25) is 4.79 Å². The molecule has 2 atom stereocenters. The standard InChI is InChI=1S/C12H15NO2/c1-8-4-2-3-5-9(8)10-6-12(10,7-13)11(14)15/h2-5,10H,6-7,13H2,1H3,(H,14,15). The monoisotopic (exact) mass is 205 g/mol. The van der Waals surface area contributed by atoms with Crippen molar-refractivity contribution >= 4 is 5.97 Å². The van der Waals surface area contributed by atoms with E-state index in [2.05, 4.69) is 0 Å². The summed E-state index contributed by atoms with van der Waals surface area (Å²) in [6.07, 6.45) is 0.670. The number of nitrogens with two attached hydrogens (primary N) is 1. The molecular weight excluding hydrogens is 190 g/mol. The van der Waals surface area contributed by atoms with Crippen LogP contribution in [0.15, 0.2) is 24.3 Å². The Kier molecular flexibility index (Phi) is 2.27. The molecule has 2 rings (SSSR count). The molecule has 0 aliphatic heterocycles. The van der Waals surface area contributed by atoms with E-state index in [9.17, 15) is 4.79 Å². The van der Waals surface area contributed by atoms with Gasteiger partial charge in [-0.25, -0.2) is 0 Å². The van der Waals surface area contributed by atoms with Gasteiger partial charge in [0, 0.05) is 12.5 Å². The number of carboxylic acid groups (broad SMARTS) is 1. The SMILES string of the molecule is Cc1ccccc1C1CC1(CN)C(=O)O. The van der Waals surface area contributed by atoms with Gasteiger partial charge < -0.3 is 10.8 Å². The second kappa shape index (κ2) is 3.35. The quantitative estimate of drug-likeness (QED) is 0.786. The molecule has 1 fully saturated rings. The maximum Gasteiger partial charge on any atom is 0.311 e. The van der Waals surface area contributed by atoms with Crippen LogP contribution in [0, 0.1) is 12.3 Å². The minimum atomic E-state index is -0.766. The third-order valence-corrected chi connectivity index (χ3v) is 3.43. The summed E-state index contributed by atoms with van der Waals surface area (Å²) in [5, 5.41) is 9.15. The van der Waals surface area contributed by atoms with E-state index in [1.165, 1.54) is 0 Å². The summed E-state index contributed by atoms with van der Waals surface area (Å²) in [4.78, 5) is 11.1. The lowest BCUT2D eigenvalue weighted by Gasteiger charge is -2.10. The maximum atomic E-state index is 11.1. The van der Waals surface area contributed by atoms with Crippen molar-refractivity contribution in [2.45, 2.75) is 19.3 Å². The van der Waals surface area contributed by atoms with Crippen LogP contribution in [0.2, 0.25) is 0 Å². The van der Waals surface area contributed by atoms with Crippen LogP contribution in [0.5, 0.6) is 0 Å². The number of carboxylic acids is 1. The molecule has 0 heterocycles. The van der Waals surface area contributed by atoms with Gasteiger partial charge >= 0.3 is 5.97 Å². The molecule has 80 valence electrons. The molecule has 0 amide bonds. The molecule has 3 nitrogen and oxygen atoms in total. The average molecular weight is 205 g/mol. The Morgan fingerprint density at radius 3 is 2.73 bits per heavy atom. The Hall–Kier alpha value is -1.35. The first kappa shape index (κ1) is 10.2. The van der Waals surface area contributed by atoms with Gasteiger partial charge in [-0.2, -0.15) is 0 Å². The molecule has 1 aromatic rings. The predicted octanol–water partition coefficient (Wildman–Crippen LogP) is 1.51. The van der Waals surface area contributed by atoms with Crippen molar-refractivity contribution in [2.24, 2.45) is 11.1 Å². The van der Waals surface area contributed by atoms with Gasteiger partial charge in [-0.05, 0) is 24.5 Å². The number of benzene rings is 1. The third-order valence-electron chi connectivity index (χ3n) is 3.43. The van der Waals surface area contributed by atoms with Crippen LogP contribution < -0.4 is 5.73 Å². The van der Waals surface area contributed by atoms with Gasteiger partial charge in [0.15, 0.2) is 0 Å². The maximum absolute atomic E-state index is 11.1. The Balaban J connectivity index is 2.30. The molecule has 0 aromatic heterocycles. The highest BCUT2D eigenvalue weighted by Crippen LogP contribution is 2.59. The van der Waals surface area contributed by atoms with E-state index >= 15 is 0 Å². The number of hydrogen-bond acceptors (Lipinski definition) is 2. The second-order valence-electron chi connectivity index (χ2n) is 4.28. The Bertz CT molecular complexity index is 402. The third kappa shape index (κ3) is 1.43. The van der Waals surface area contributed by atoms with Crippen LogP contribution >= 0.6 is 0 Å². The highest BCUT2D eigenvalue weighted by atomic mass is 16.4. The summed E-state index contributed by atoms with van der Waals surface area (Å²) in [5.74, 6) is -0.667. The zero-order chi connectivity index (χ0) is 11.1.